The van der Waals surface area contributed by atoms with Gasteiger partial charge in [0.15, 0.2) is 0 Å². The number of nitrogens with one attached hydrogen (secondary N) is 2. The highest BCUT2D eigenvalue weighted by Crippen LogP contribution is 1.98. The molecule has 0 saturated carbocycles. The molecule has 0 aromatic carbocycles. The number of carboxylic acid groups (broad SMARTS) is 1. The molecule has 0 saturated heterocycles. The highest BCUT2D eigenvalue weighted by molar-refractivity contribution is 5.94. The van der Waals surface area contributed by atoms with Crippen LogP contribution in [0.4, 0.5) is 0 Å². The van der Waals surface area contributed by atoms with Gasteiger partial charge in [0.2, 0.25) is 5.82 Å². The molecule has 0 unspecified atom stereocenters. The summed E-state index contributed by atoms with van der Waals surface area (Å²) in [5, 5.41) is 17.0. The fourth-order valence-corrected chi connectivity index (χ4v) is 1.12. The van der Waals surface area contributed by atoms with Crippen molar-refractivity contribution in [2.24, 2.45) is 0 Å². The van der Waals surface area contributed by atoms with Crippen LogP contribution in [-0.2, 0) is 14.3 Å². The lowest BCUT2D eigenvalue weighted by atomic mass is 10.2. The molecule has 3 N–H and O–H groups in total. The number of nitrogens with zero attached hydrogens (tertiary/aromatic N) is 2. The summed E-state index contributed by atoms with van der Waals surface area (Å²) < 4.78 is 4.33. The van der Waals surface area contributed by atoms with Crippen LogP contribution in [0.2, 0.25) is 0 Å². The van der Waals surface area contributed by atoms with Gasteiger partial charge in [0.1, 0.15) is 11.9 Å². The number of aromatic nitrogens is 3. The van der Waals surface area contributed by atoms with E-state index >= 15 is 0 Å². The lowest BCUT2D eigenvalue weighted by Crippen LogP contribution is -2.42. The topological polar surface area (TPSA) is 134 Å². The summed E-state index contributed by atoms with van der Waals surface area (Å²) in [6.07, 6.45) is -0.471. The zero-order valence-electron chi connectivity index (χ0n) is 9.76. The van der Waals surface area contributed by atoms with Crippen LogP contribution in [0.3, 0.4) is 0 Å². The van der Waals surface area contributed by atoms with Crippen LogP contribution in [0.1, 0.15) is 22.9 Å². The van der Waals surface area contributed by atoms with Gasteiger partial charge in [0.05, 0.1) is 13.5 Å². The van der Waals surface area contributed by atoms with E-state index in [-0.39, 0.29) is 5.82 Å². The normalized spacial score (nSPS) is 11.7. The summed E-state index contributed by atoms with van der Waals surface area (Å²) in [5.41, 5.74) is 0. The summed E-state index contributed by atoms with van der Waals surface area (Å²) in [5.74, 6) is -2.64. The second-order valence-electron chi connectivity index (χ2n) is 3.39. The van der Waals surface area contributed by atoms with E-state index in [1.807, 2.05) is 0 Å². The Labute approximate surface area is 102 Å². The summed E-state index contributed by atoms with van der Waals surface area (Å²) in [4.78, 5) is 37.1. The van der Waals surface area contributed by atoms with Gasteiger partial charge in [-0.1, -0.05) is 0 Å². The zero-order chi connectivity index (χ0) is 13.7. The van der Waals surface area contributed by atoms with Crippen molar-refractivity contribution in [1.82, 2.24) is 20.5 Å². The number of hydrogen-bond acceptors (Lipinski definition) is 6. The fourth-order valence-electron chi connectivity index (χ4n) is 1.12. The fraction of sp³-hybridized carbons (Fsp3) is 0.444. The molecule has 1 heterocycles. The Morgan fingerprint density at radius 2 is 2.17 bits per heavy atom. The molecule has 0 spiro atoms. The van der Waals surface area contributed by atoms with Crippen molar-refractivity contribution in [2.75, 3.05) is 7.11 Å². The lowest BCUT2D eigenvalue weighted by molar-refractivity contribution is -0.147. The van der Waals surface area contributed by atoms with Gasteiger partial charge in [0, 0.05) is 0 Å². The molecule has 9 heteroatoms. The minimum Gasteiger partial charge on any atom is -0.480 e. The number of carbonyl (C=O) groups is 3. The number of ether oxygens (including phenoxy) is 1. The van der Waals surface area contributed by atoms with Crippen LogP contribution in [0.5, 0.6) is 0 Å². The maximum absolute atomic E-state index is 11.6. The van der Waals surface area contributed by atoms with Crippen LogP contribution < -0.4 is 5.32 Å². The number of carbonyl (C=O) groups excluding carboxylic acids is 2. The Hall–Kier alpha value is -2.45. The molecule has 0 aliphatic carbocycles. The molecule has 1 atom stereocenters. The molecule has 0 aliphatic heterocycles. The van der Waals surface area contributed by atoms with Crippen LogP contribution in [0, 0.1) is 6.92 Å². The van der Waals surface area contributed by atoms with Gasteiger partial charge < -0.3 is 15.2 Å². The summed E-state index contributed by atoms with van der Waals surface area (Å²) in [6.45, 7) is 1.59. The third-order valence-electron chi connectivity index (χ3n) is 2.00. The van der Waals surface area contributed by atoms with E-state index in [0.717, 1.165) is 7.11 Å². The SMILES string of the molecule is COC(=O)C[C@H](NC(=O)c1n[nH]c(C)n1)C(=O)O. The quantitative estimate of drug-likeness (QED) is 0.566. The maximum Gasteiger partial charge on any atom is 0.326 e. The molecule has 0 aliphatic rings. The molecule has 1 rings (SSSR count). The van der Waals surface area contributed by atoms with Crippen molar-refractivity contribution in [2.45, 2.75) is 19.4 Å². The van der Waals surface area contributed by atoms with Gasteiger partial charge in [-0.15, -0.1) is 5.10 Å². The molecule has 0 bridgehead atoms. The van der Waals surface area contributed by atoms with Crippen LogP contribution in [-0.4, -0.2) is 51.3 Å². The molecular weight excluding hydrogens is 244 g/mol. The van der Waals surface area contributed by atoms with Crippen molar-refractivity contribution >= 4 is 17.8 Å². The largest absolute Gasteiger partial charge is 0.480 e. The summed E-state index contributed by atoms with van der Waals surface area (Å²) in [7, 11) is 1.13. The van der Waals surface area contributed by atoms with Crippen molar-refractivity contribution in [1.29, 1.82) is 0 Å². The van der Waals surface area contributed by atoms with Crippen LogP contribution >= 0.6 is 0 Å². The second kappa shape index (κ2) is 5.75. The number of aryl methyl sites for hydroxylation is 1. The Balaban J connectivity index is 2.69. The molecular formula is C9H12N4O5. The number of methoxy groups -OCH3 is 1. The first-order valence-electron chi connectivity index (χ1n) is 4.93. The molecule has 1 aromatic rings. The minimum absolute atomic E-state index is 0.191. The first kappa shape index (κ1) is 13.6. The van der Waals surface area contributed by atoms with Gasteiger partial charge >= 0.3 is 11.9 Å². The van der Waals surface area contributed by atoms with Crippen LogP contribution in [0.25, 0.3) is 0 Å². The van der Waals surface area contributed by atoms with E-state index in [1.165, 1.54) is 0 Å². The van der Waals surface area contributed by atoms with E-state index in [4.69, 9.17) is 5.11 Å². The third kappa shape index (κ3) is 3.54. The van der Waals surface area contributed by atoms with Crippen molar-refractivity contribution < 1.29 is 24.2 Å². The van der Waals surface area contributed by atoms with E-state index in [2.05, 4.69) is 25.2 Å². The van der Waals surface area contributed by atoms with E-state index in [0.29, 0.717) is 5.82 Å². The van der Waals surface area contributed by atoms with Gasteiger partial charge in [-0.25, -0.2) is 9.78 Å². The van der Waals surface area contributed by atoms with Crippen molar-refractivity contribution in [3.8, 4) is 0 Å². The number of hydrogen-bond donors (Lipinski definition) is 3. The first-order chi connectivity index (χ1) is 8.43. The number of rotatable bonds is 5. The third-order valence-corrected chi connectivity index (χ3v) is 2.00. The molecule has 9 nitrogen and oxygen atoms in total. The predicted octanol–water partition coefficient (Wildman–Crippen LogP) is -1.14. The standard InChI is InChI=1S/C9H12N4O5/c1-4-10-7(13-12-4)8(15)11-5(9(16)17)3-6(14)18-2/h5H,3H2,1-2H3,(H,11,15)(H,16,17)(H,10,12,13)/t5-/m0/s1. The van der Waals surface area contributed by atoms with E-state index in [1.54, 1.807) is 6.92 Å². The monoisotopic (exact) mass is 256 g/mol. The minimum atomic E-state index is -1.39. The zero-order valence-corrected chi connectivity index (χ0v) is 9.76. The highest BCUT2D eigenvalue weighted by atomic mass is 16.5. The average Bonchev–Trinajstić information content (AvgIpc) is 2.74. The Morgan fingerprint density at radius 1 is 1.50 bits per heavy atom. The predicted molar refractivity (Wildman–Crippen MR) is 56.6 cm³/mol. The lowest BCUT2D eigenvalue weighted by Gasteiger charge is -2.11. The first-order valence-corrected chi connectivity index (χ1v) is 4.93. The Bertz CT molecular complexity index is 469. The van der Waals surface area contributed by atoms with E-state index in [9.17, 15) is 14.4 Å². The van der Waals surface area contributed by atoms with Gasteiger partial charge in [0.25, 0.3) is 5.91 Å². The molecule has 1 aromatic heterocycles. The highest BCUT2D eigenvalue weighted by Gasteiger charge is 2.25. The van der Waals surface area contributed by atoms with Gasteiger partial charge in [-0.05, 0) is 6.92 Å². The molecule has 0 radical (unpaired) electrons. The van der Waals surface area contributed by atoms with Crippen molar-refractivity contribution in [3.63, 3.8) is 0 Å². The maximum atomic E-state index is 11.6. The number of esters is 1. The number of aromatic amines is 1. The number of aliphatic carboxylic acids is 1. The number of H-pyrrole nitrogens is 1. The smallest absolute Gasteiger partial charge is 0.326 e. The Morgan fingerprint density at radius 3 is 2.61 bits per heavy atom. The second-order valence-corrected chi connectivity index (χ2v) is 3.39. The number of carboxylic acids is 1. The summed E-state index contributed by atoms with van der Waals surface area (Å²) >= 11 is 0. The summed E-state index contributed by atoms with van der Waals surface area (Å²) in [6, 6.07) is -1.39. The molecule has 1 amide bonds. The number of amides is 1. The van der Waals surface area contributed by atoms with Crippen molar-refractivity contribution in [3.05, 3.63) is 11.6 Å². The molecule has 0 fully saturated rings. The molecule has 18 heavy (non-hydrogen) atoms. The average molecular weight is 256 g/mol. The van der Waals surface area contributed by atoms with Crippen LogP contribution in [0.15, 0.2) is 0 Å². The van der Waals surface area contributed by atoms with Gasteiger partial charge in [-0.3, -0.25) is 14.7 Å². The molecule has 98 valence electrons. The Kier molecular flexibility index (Phi) is 4.35. The van der Waals surface area contributed by atoms with Gasteiger partial charge in [-0.2, -0.15) is 0 Å². The van der Waals surface area contributed by atoms with E-state index < -0.39 is 30.3 Å².